The molecule has 3 rings (SSSR count). The van der Waals surface area contributed by atoms with E-state index in [1.54, 1.807) is 12.1 Å². The molecule has 0 aliphatic carbocycles. The third-order valence-corrected chi connectivity index (χ3v) is 5.01. The summed E-state index contributed by atoms with van der Waals surface area (Å²) in [4.78, 5) is 38.6. The number of amides is 3. The molecule has 0 saturated heterocycles. The Balaban J connectivity index is 1.47. The van der Waals surface area contributed by atoms with Crippen molar-refractivity contribution in [1.82, 2.24) is 10.6 Å². The van der Waals surface area contributed by atoms with E-state index in [2.05, 4.69) is 10.6 Å². The first kappa shape index (κ1) is 18.9. The van der Waals surface area contributed by atoms with Gasteiger partial charge in [-0.15, -0.1) is 11.8 Å². The molecule has 27 heavy (non-hydrogen) atoms. The van der Waals surface area contributed by atoms with Crippen molar-refractivity contribution in [3.05, 3.63) is 59.9 Å². The molecule has 0 bridgehead atoms. The fraction of sp³-hybridized carbons (Fsp3) is 0.211. The van der Waals surface area contributed by atoms with Gasteiger partial charge in [-0.25, -0.2) is 4.39 Å². The maximum Gasteiger partial charge on any atom is 0.254 e. The molecule has 1 aliphatic rings. The highest BCUT2D eigenvalue weighted by Crippen LogP contribution is 2.34. The number of anilines is 1. The summed E-state index contributed by atoms with van der Waals surface area (Å²) in [5.41, 5.74) is 0.679. The Hall–Kier alpha value is -2.87. The minimum atomic E-state index is -0.598. The van der Waals surface area contributed by atoms with Gasteiger partial charge in [0.25, 0.3) is 5.91 Å². The van der Waals surface area contributed by atoms with Crippen LogP contribution in [0.4, 0.5) is 10.1 Å². The number of para-hydroxylation sites is 1. The second kappa shape index (κ2) is 8.68. The van der Waals surface area contributed by atoms with Crippen LogP contribution in [-0.2, 0) is 9.59 Å². The summed E-state index contributed by atoms with van der Waals surface area (Å²) < 4.78 is 13.5. The molecule has 0 aromatic heterocycles. The third kappa shape index (κ3) is 4.65. The van der Waals surface area contributed by atoms with Crippen LogP contribution in [0.5, 0.6) is 0 Å². The average molecular weight is 387 g/mol. The van der Waals surface area contributed by atoms with Crippen LogP contribution in [0.25, 0.3) is 0 Å². The lowest BCUT2D eigenvalue weighted by Crippen LogP contribution is -2.44. The van der Waals surface area contributed by atoms with Crippen LogP contribution in [0.2, 0.25) is 0 Å². The van der Waals surface area contributed by atoms with Gasteiger partial charge in [-0.1, -0.05) is 24.3 Å². The minimum Gasteiger partial charge on any atom is -0.353 e. The van der Waals surface area contributed by atoms with Gasteiger partial charge in [0.05, 0.1) is 17.0 Å². The first-order valence-corrected chi connectivity index (χ1v) is 9.36. The number of nitrogens with one attached hydrogen (secondary N) is 2. The Morgan fingerprint density at radius 2 is 1.74 bits per heavy atom. The number of thioether (sulfide) groups is 1. The maximum atomic E-state index is 13.5. The molecule has 1 heterocycles. The fourth-order valence-corrected chi connectivity index (χ4v) is 3.58. The molecule has 2 N–H and O–H groups in total. The molecule has 0 radical (unpaired) electrons. The zero-order chi connectivity index (χ0) is 19.2. The molecule has 1 aliphatic heterocycles. The highest BCUT2D eigenvalue weighted by molar-refractivity contribution is 8.00. The zero-order valence-electron chi connectivity index (χ0n) is 14.4. The lowest BCUT2D eigenvalue weighted by atomic mass is 10.2. The van der Waals surface area contributed by atoms with E-state index in [1.165, 1.54) is 34.9 Å². The molecule has 2 aromatic carbocycles. The SMILES string of the molecule is O=C(CN1C(=O)CSc2ccccc21)NCCNC(=O)c1ccccc1F. The van der Waals surface area contributed by atoms with Gasteiger partial charge in [-0.05, 0) is 24.3 Å². The molecule has 0 saturated carbocycles. The molecule has 8 heteroatoms. The van der Waals surface area contributed by atoms with Gasteiger partial charge in [-0.3, -0.25) is 14.4 Å². The normalized spacial score (nSPS) is 13.1. The number of carbonyl (C=O) groups excluding carboxylic acids is 3. The zero-order valence-corrected chi connectivity index (χ0v) is 15.2. The van der Waals surface area contributed by atoms with Crippen LogP contribution in [0.15, 0.2) is 53.4 Å². The molecule has 2 aromatic rings. The topological polar surface area (TPSA) is 78.5 Å². The lowest BCUT2D eigenvalue weighted by Gasteiger charge is -2.28. The molecule has 0 unspecified atom stereocenters. The van der Waals surface area contributed by atoms with Gasteiger partial charge in [0, 0.05) is 18.0 Å². The molecular weight excluding hydrogens is 369 g/mol. The first-order valence-electron chi connectivity index (χ1n) is 8.38. The standard InChI is InChI=1S/C19H18FN3O3S/c20-14-6-2-1-5-13(14)19(26)22-10-9-21-17(24)11-23-15-7-3-4-8-16(15)27-12-18(23)25/h1-8H,9-12H2,(H,21,24)(H,22,26). The van der Waals surface area contributed by atoms with E-state index >= 15 is 0 Å². The summed E-state index contributed by atoms with van der Waals surface area (Å²) in [7, 11) is 0. The summed E-state index contributed by atoms with van der Waals surface area (Å²) in [5, 5.41) is 5.20. The second-order valence-corrected chi connectivity index (χ2v) is 6.84. The summed E-state index contributed by atoms with van der Waals surface area (Å²) in [5.74, 6) is -1.30. The van der Waals surface area contributed by atoms with E-state index in [9.17, 15) is 18.8 Å². The van der Waals surface area contributed by atoms with E-state index in [4.69, 9.17) is 0 Å². The Morgan fingerprint density at radius 1 is 1.04 bits per heavy atom. The van der Waals surface area contributed by atoms with Crippen molar-refractivity contribution in [1.29, 1.82) is 0 Å². The third-order valence-electron chi connectivity index (χ3n) is 3.96. The lowest BCUT2D eigenvalue weighted by molar-refractivity contribution is -0.122. The first-order chi connectivity index (χ1) is 13.1. The minimum absolute atomic E-state index is 0.0446. The summed E-state index contributed by atoms with van der Waals surface area (Å²) in [6.07, 6.45) is 0. The van der Waals surface area contributed by atoms with Crippen molar-refractivity contribution < 1.29 is 18.8 Å². The van der Waals surface area contributed by atoms with Gasteiger partial charge in [0.15, 0.2) is 0 Å². The Morgan fingerprint density at radius 3 is 2.56 bits per heavy atom. The van der Waals surface area contributed by atoms with E-state index < -0.39 is 11.7 Å². The number of halogens is 1. The predicted molar refractivity (Wildman–Crippen MR) is 101 cm³/mol. The largest absolute Gasteiger partial charge is 0.353 e. The molecule has 0 atom stereocenters. The molecule has 3 amide bonds. The fourth-order valence-electron chi connectivity index (χ4n) is 2.65. The number of hydrogen-bond acceptors (Lipinski definition) is 4. The Bertz CT molecular complexity index is 875. The smallest absolute Gasteiger partial charge is 0.254 e. The maximum absolute atomic E-state index is 13.5. The van der Waals surface area contributed by atoms with Crippen LogP contribution >= 0.6 is 11.8 Å². The quantitative estimate of drug-likeness (QED) is 0.741. The van der Waals surface area contributed by atoms with E-state index in [1.807, 2.05) is 18.2 Å². The highest BCUT2D eigenvalue weighted by Gasteiger charge is 2.26. The van der Waals surface area contributed by atoms with Gasteiger partial charge in [-0.2, -0.15) is 0 Å². The van der Waals surface area contributed by atoms with Crippen molar-refractivity contribution in [2.75, 3.05) is 30.3 Å². The van der Waals surface area contributed by atoms with E-state index in [0.717, 1.165) is 10.6 Å². The van der Waals surface area contributed by atoms with Crippen molar-refractivity contribution in [3.8, 4) is 0 Å². The molecule has 6 nitrogen and oxygen atoms in total. The van der Waals surface area contributed by atoms with Crippen LogP contribution in [0, 0.1) is 5.82 Å². The number of rotatable bonds is 6. The van der Waals surface area contributed by atoms with Crippen LogP contribution < -0.4 is 15.5 Å². The number of nitrogens with zero attached hydrogens (tertiary/aromatic N) is 1. The number of benzene rings is 2. The second-order valence-electron chi connectivity index (χ2n) is 5.82. The average Bonchev–Trinajstić information content (AvgIpc) is 2.67. The van der Waals surface area contributed by atoms with Crippen LogP contribution in [0.1, 0.15) is 10.4 Å². The highest BCUT2D eigenvalue weighted by atomic mass is 32.2. The van der Waals surface area contributed by atoms with Gasteiger partial charge >= 0.3 is 0 Å². The summed E-state index contributed by atoms with van der Waals surface area (Å²) in [6.45, 7) is 0.244. The monoisotopic (exact) mass is 387 g/mol. The van der Waals surface area contributed by atoms with E-state index in [0.29, 0.717) is 5.75 Å². The van der Waals surface area contributed by atoms with E-state index in [-0.39, 0.29) is 37.0 Å². The number of carbonyl (C=O) groups is 3. The van der Waals surface area contributed by atoms with Crippen molar-refractivity contribution in [3.63, 3.8) is 0 Å². The molecule has 0 fully saturated rings. The molecule has 0 spiro atoms. The summed E-state index contributed by atoms with van der Waals surface area (Å²) in [6, 6.07) is 13.1. The van der Waals surface area contributed by atoms with Gasteiger partial charge < -0.3 is 15.5 Å². The van der Waals surface area contributed by atoms with Crippen molar-refractivity contribution >= 4 is 35.2 Å². The van der Waals surface area contributed by atoms with Gasteiger partial charge in [0.2, 0.25) is 11.8 Å². The summed E-state index contributed by atoms with van der Waals surface area (Å²) >= 11 is 1.45. The van der Waals surface area contributed by atoms with Crippen molar-refractivity contribution in [2.24, 2.45) is 0 Å². The number of hydrogen-bond donors (Lipinski definition) is 2. The Kier molecular flexibility index (Phi) is 6.08. The van der Waals surface area contributed by atoms with Gasteiger partial charge in [0.1, 0.15) is 12.4 Å². The van der Waals surface area contributed by atoms with Crippen LogP contribution in [-0.4, -0.2) is 43.1 Å². The Labute approximate surface area is 160 Å². The van der Waals surface area contributed by atoms with Crippen LogP contribution in [0.3, 0.4) is 0 Å². The molecule has 140 valence electrons. The van der Waals surface area contributed by atoms with Crippen molar-refractivity contribution in [2.45, 2.75) is 4.90 Å². The predicted octanol–water partition coefficient (Wildman–Crippen LogP) is 1.81. The number of fused-ring (bicyclic) bond motifs is 1. The molecular formula is C19H18FN3O3S.